The zero-order valence-corrected chi connectivity index (χ0v) is 8.08. The van der Waals surface area contributed by atoms with Crippen molar-refractivity contribution < 1.29 is 0 Å². The Kier molecular flexibility index (Phi) is 3.95. The highest BCUT2D eigenvalue weighted by Crippen LogP contribution is 2.14. The zero-order valence-electron chi connectivity index (χ0n) is 8.08. The second-order valence-electron chi connectivity index (χ2n) is 3.17. The van der Waals surface area contributed by atoms with Crippen molar-refractivity contribution in [1.29, 1.82) is 5.26 Å². The van der Waals surface area contributed by atoms with Gasteiger partial charge in [0.15, 0.2) is 5.82 Å². The molecule has 0 aromatic carbocycles. The van der Waals surface area contributed by atoms with Gasteiger partial charge < -0.3 is 11.5 Å². The van der Waals surface area contributed by atoms with Crippen LogP contribution in [0.2, 0.25) is 0 Å². The number of hydrogen-bond acceptors (Lipinski definition) is 4. The molecule has 1 rings (SSSR count). The number of aromatic nitrogens is 2. The van der Waals surface area contributed by atoms with Crippen molar-refractivity contribution in [3.8, 4) is 6.07 Å². The number of anilines is 1. The van der Waals surface area contributed by atoms with Crippen molar-refractivity contribution in [2.75, 3.05) is 12.3 Å². The minimum atomic E-state index is 0.293. The first-order valence-corrected chi connectivity index (χ1v) is 4.72. The summed E-state index contributed by atoms with van der Waals surface area (Å²) in [6, 6.07) is 2.04. The predicted molar refractivity (Wildman–Crippen MR) is 54.3 cm³/mol. The average molecular weight is 193 g/mol. The fraction of sp³-hybridized carbons (Fsp3) is 0.556. The molecular formula is C9H15N5. The summed E-state index contributed by atoms with van der Waals surface area (Å²) in [4.78, 5) is 0. The van der Waals surface area contributed by atoms with Gasteiger partial charge in [-0.15, -0.1) is 0 Å². The molecule has 1 aromatic heterocycles. The van der Waals surface area contributed by atoms with Gasteiger partial charge in [0.2, 0.25) is 0 Å². The molecule has 0 unspecified atom stereocenters. The van der Waals surface area contributed by atoms with Gasteiger partial charge in [-0.05, 0) is 25.8 Å². The summed E-state index contributed by atoms with van der Waals surface area (Å²) in [5.41, 5.74) is 12.2. The van der Waals surface area contributed by atoms with E-state index in [1.165, 1.54) is 0 Å². The molecular weight excluding hydrogens is 178 g/mol. The molecule has 5 N–H and O–H groups in total. The van der Waals surface area contributed by atoms with E-state index in [1.54, 1.807) is 0 Å². The smallest absolute Gasteiger partial charge is 0.163 e. The molecule has 0 fully saturated rings. The molecule has 0 bridgehead atoms. The van der Waals surface area contributed by atoms with Crippen molar-refractivity contribution in [1.82, 2.24) is 10.2 Å². The minimum absolute atomic E-state index is 0.293. The third-order valence-electron chi connectivity index (χ3n) is 2.11. The summed E-state index contributed by atoms with van der Waals surface area (Å²) in [6.07, 6.45) is 3.91. The topological polar surface area (TPSA) is 105 Å². The molecule has 0 spiro atoms. The van der Waals surface area contributed by atoms with Crippen molar-refractivity contribution >= 4 is 5.82 Å². The van der Waals surface area contributed by atoms with Crippen molar-refractivity contribution in [3.05, 3.63) is 11.3 Å². The molecule has 76 valence electrons. The first kappa shape index (κ1) is 10.5. The standard InChI is InChI=1S/C9H15N5/c10-5-3-1-2-4-8-7(6-11)9(12)14-13-8/h1-5,10H2,(H3,12,13,14). The van der Waals surface area contributed by atoms with Crippen LogP contribution in [0, 0.1) is 11.3 Å². The monoisotopic (exact) mass is 193 g/mol. The number of nitrogens with one attached hydrogen (secondary N) is 1. The molecule has 0 saturated carbocycles. The number of nitrogens with two attached hydrogens (primary N) is 2. The van der Waals surface area contributed by atoms with E-state index in [2.05, 4.69) is 10.2 Å². The van der Waals surface area contributed by atoms with Crippen molar-refractivity contribution in [3.63, 3.8) is 0 Å². The first-order valence-electron chi connectivity index (χ1n) is 4.72. The number of unbranched alkanes of at least 4 members (excludes halogenated alkanes) is 2. The average Bonchev–Trinajstić information content (AvgIpc) is 2.54. The number of hydrogen-bond donors (Lipinski definition) is 3. The van der Waals surface area contributed by atoms with E-state index in [0.717, 1.165) is 37.9 Å². The van der Waals surface area contributed by atoms with Crippen LogP contribution in [-0.2, 0) is 6.42 Å². The maximum absolute atomic E-state index is 8.78. The van der Waals surface area contributed by atoms with E-state index in [-0.39, 0.29) is 0 Å². The minimum Gasteiger partial charge on any atom is -0.381 e. The van der Waals surface area contributed by atoms with Crippen LogP contribution in [0.4, 0.5) is 5.82 Å². The Balaban J connectivity index is 2.47. The summed E-state index contributed by atoms with van der Waals surface area (Å²) in [6.45, 7) is 0.718. The Labute approximate surface area is 83.1 Å². The van der Waals surface area contributed by atoms with Crippen LogP contribution >= 0.6 is 0 Å². The van der Waals surface area contributed by atoms with Crippen LogP contribution in [0.15, 0.2) is 0 Å². The quantitative estimate of drug-likeness (QED) is 0.593. The Morgan fingerprint density at radius 3 is 2.79 bits per heavy atom. The number of nitriles is 1. The highest BCUT2D eigenvalue weighted by atomic mass is 15.2. The Bertz CT molecular complexity index is 322. The lowest BCUT2D eigenvalue weighted by Gasteiger charge is -1.97. The molecule has 0 atom stereocenters. The Hall–Kier alpha value is -1.54. The second-order valence-corrected chi connectivity index (χ2v) is 3.17. The second kappa shape index (κ2) is 5.25. The number of aryl methyl sites for hydroxylation is 1. The van der Waals surface area contributed by atoms with Crippen molar-refractivity contribution in [2.45, 2.75) is 25.7 Å². The van der Waals surface area contributed by atoms with Crippen LogP contribution in [-0.4, -0.2) is 16.7 Å². The molecule has 0 radical (unpaired) electrons. The number of nitrogen functional groups attached to an aromatic ring is 1. The summed E-state index contributed by atoms with van der Waals surface area (Å²) in [5, 5.41) is 15.3. The van der Waals surface area contributed by atoms with E-state index >= 15 is 0 Å². The van der Waals surface area contributed by atoms with E-state index in [4.69, 9.17) is 16.7 Å². The first-order chi connectivity index (χ1) is 6.79. The van der Waals surface area contributed by atoms with Gasteiger partial charge >= 0.3 is 0 Å². The number of H-pyrrole nitrogens is 1. The van der Waals surface area contributed by atoms with Crippen LogP contribution in [0.3, 0.4) is 0 Å². The summed E-state index contributed by atoms with van der Waals surface area (Å²) in [5.74, 6) is 0.293. The third kappa shape index (κ3) is 2.47. The van der Waals surface area contributed by atoms with E-state index in [9.17, 15) is 0 Å². The molecule has 14 heavy (non-hydrogen) atoms. The van der Waals surface area contributed by atoms with Crippen LogP contribution in [0.1, 0.15) is 30.5 Å². The van der Waals surface area contributed by atoms with Crippen LogP contribution in [0.25, 0.3) is 0 Å². The van der Waals surface area contributed by atoms with Gasteiger partial charge in [0.1, 0.15) is 11.6 Å². The van der Waals surface area contributed by atoms with Gasteiger partial charge in [-0.2, -0.15) is 10.4 Å². The molecule has 5 heteroatoms. The van der Waals surface area contributed by atoms with Gasteiger partial charge in [-0.25, -0.2) is 0 Å². The van der Waals surface area contributed by atoms with E-state index in [0.29, 0.717) is 11.4 Å². The maximum atomic E-state index is 8.78. The number of rotatable bonds is 5. The molecule has 0 aliphatic carbocycles. The van der Waals surface area contributed by atoms with Gasteiger partial charge in [-0.1, -0.05) is 6.42 Å². The maximum Gasteiger partial charge on any atom is 0.163 e. The lowest BCUT2D eigenvalue weighted by molar-refractivity contribution is 0.677. The molecule has 0 amide bonds. The molecule has 0 aliphatic rings. The highest BCUT2D eigenvalue weighted by molar-refractivity contribution is 5.50. The van der Waals surface area contributed by atoms with Gasteiger partial charge in [0.05, 0.1) is 5.69 Å². The summed E-state index contributed by atoms with van der Waals surface area (Å²) >= 11 is 0. The number of aromatic amines is 1. The lowest BCUT2D eigenvalue weighted by Crippen LogP contribution is -1.98. The van der Waals surface area contributed by atoms with E-state index in [1.807, 2.05) is 6.07 Å². The van der Waals surface area contributed by atoms with E-state index < -0.39 is 0 Å². The summed E-state index contributed by atoms with van der Waals surface area (Å²) in [7, 11) is 0. The van der Waals surface area contributed by atoms with Crippen LogP contribution in [0.5, 0.6) is 0 Å². The fourth-order valence-electron chi connectivity index (χ4n) is 1.32. The zero-order chi connectivity index (χ0) is 10.4. The Morgan fingerprint density at radius 2 is 2.14 bits per heavy atom. The predicted octanol–water partition coefficient (Wildman–Crippen LogP) is 0.535. The molecule has 1 aromatic rings. The normalized spacial score (nSPS) is 10.0. The van der Waals surface area contributed by atoms with Gasteiger partial charge in [0, 0.05) is 0 Å². The Morgan fingerprint density at radius 1 is 1.36 bits per heavy atom. The molecule has 1 heterocycles. The van der Waals surface area contributed by atoms with Crippen LogP contribution < -0.4 is 11.5 Å². The largest absolute Gasteiger partial charge is 0.381 e. The van der Waals surface area contributed by atoms with Crippen molar-refractivity contribution in [2.24, 2.45) is 5.73 Å². The number of nitrogens with zero attached hydrogens (tertiary/aromatic N) is 2. The molecule has 0 saturated heterocycles. The molecule has 0 aliphatic heterocycles. The van der Waals surface area contributed by atoms with Gasteiger partial charge in [-0.3, -0.25) is 5.10 Å². The fourth-order valence-corrected chi connectivity index (χ4v) is 1.32. The van der Waals surface area contributed by atoms with Gasteiger partial charge in [0.25, 0.3) is 0 Å². The molecule has 5 nitrogen and oxygen atoms in total. The third-order valence-corrected chi connectivity index (χ3v) is 2.11. The highest BCUT2D eigenvalue weighted by Gasteiger charge is 2.08. The summed E-state index contributed by atoms with van der Waals surface area (Å²) < 4.78 is 0. The SMILES string of the molecule is N#Cc1c(N)n[nH]c1CCCCCN. The lowest BCUT2D eigenvalue weighted by atomic mass is 10.1.